The van der Waals surface area contributed by atoms with Gasteiger partial charge in [-0.1, -0.05) is 5.92 Å². The number of carbonyl (C=O) groups is 1. The number of rotatable bonds is 3. The molecule has 7 heteroatoms. The highest BCUT2D eigenvalue weighted by molar-refractivity contribution is 5.95. The van der Waals surface area contributed by atoms with E-state index < -0.39 is 5.82 Å². The first-order valence-electron chi connectivity index (χ1n) is 9.56. The topological polar surface area (TPSA) is 65.1 Å². The van der Waals surface area contributed by atoms with Crippen LogP contribution in [0.15, 0.2) is 36.8 Å². The van der Waals surface area contributed by atoms with Gasteiger partial charge in [-0.15, -0.1) is 6.42 Å². The third kappa shape index (κ3) is 2.75. The summed E-state index contributed by atoms with van der Waals surface area (Å²) in [5.74, 6) is 2.47. The number of likely N-dealkylation sites (tertiary alicyclic amines) is 1. The van der Waals surface area contributed by atoms with E-state index in [1.165, 1.54) is 12.1 Å². The van der Waals surface area contributed by atoms with Gasteiger partial charge < -0.3 is 14.8 Å². The summed E-state index contributed by atoms with van der Waals surface area (Å²) in [5.41, 5.74) is 1.48. The number of amides is 1. The Morgan fingerprint density at radius 2 is 2.14 bits per heavy atom. The Labute approximate surface area is 167 Å². The van der Waals surface area contributed by atoms with Gasteiger partial charge >= 0.3 is 0 Å². The zero-order valence-electron chi connectivity index (χ0n) is 16.0. The number of fused-ring (bicyclic) bond motifs is 1. The highest BCUT2D eigenvalue weighted by atomic mass is 19.1. The lowest BCUT2D eigenvalue weighted by atomic mass is 9.60. The van der Waals surface area contributed by atoms with Gasteiger partial charge in [-0.2, -0.15) is 0 Å². The van der Waals surface area contributed by atoms with Gasteiger partial charge in [0.1, 0.15) is 23.6 Å². The summed E-state index contributed by atoms with van der Waals surface area (Å²) in [4.78, 5) is 28.4. The van der Waals surface area contributed by atoms with Crippen molar-refractivity contribution in [3.63, 3.8) is 0 Å². The van der Waals surface area contributed by atoms with Gasteiger partial charge in [-0.05, 0) is 37.1 Å². The number of anilines is 1. The van der Waals surface area contributed by atoms with Crippen LogP contribution in [0.2, 0.25) is 0 Å². The van der Waals surface area contributed by atoms with Gasteiger partial charge in [0.25, 0.3) is 5.91 Å². The summed E-state index contributed by atoms with van der Waals surface area (Å²) in [6.07, 6.45) is 10.7. The molecule has 5 rings (SSSR count). The van der Waals surface area contributed by atoms with Crippen molar-refractivity contribution in [1.29, 1.82) is 0 Å². The first-order chi connectivity index (χ1) is 14.0. The van der Waals surface area contributed by atoms with E-state index in [1.54, 1.807) is 17.3 Å². The van der Waals surface area contributed by atoms with Crippen molar-refractivity contribution in [3.8, 4) is 12.3 Å². The van der Waals surface area contributed by atoms with Crippen molar-refractivity contribution in [3.05, 3.63) is 53.7 Å². The number of nitrogens with zero attached hydrogens (tertiary/aromatic N) is 4. The van der Waals surface area contributed by atoms with Gasteiger partial charge in [-0.3, -0.25) is 4.79 Å². The van der Waals surface area contributed by atoms with Gasteiger partial charge in [0, 0.05) is 43.4 Å². The Morgan fingerprint density at radius 3 is 2.86 bits per heavy atom. The highest BCUT2D eigenvalue weighted by Crippen LogP contribution is 2.51. The molecule has 6 nitrogen and oxygen atoms in total. The molecule has 2 aliphatic rings. The lowest BCUT2D eigenvalue weighted by molar-refractivity contribution is -0.0543. The smallest absolute Gasteiger partial charge is 0.256 e. The molecule has 146 valence electrons. The summed E-state index contributed by atoms with van der Waals surface area (Å²) in [6, 6.07) is 6.67. The first-order valence-corrected chi connectivity index (χ1v) is 9.56. The van der Waals surface area contributed by atoms with Crippen LogP contribution in [0.5, 0.6) is 0 Å². The Balaban J connectivity index is 1.23. The molecule has 1 N–H and O–H groups in total. The summed E-state index contributed by atoms with van der Waals surface area (Å²) in [5, 5.41) is 1.01. The summed E-state index contributed by atoms with van der Waals surface area (Å²) in [6.45, 7) is 1.33. The van der Waals surface area contributed by atoms with Crippen LogP contribution in [0.25, 0.3) is 11.0 Å². The van der Waals surface area contributed by atoms with E-state index in [9.17, 15) is 9.18 Å². The van der Waals surface area contributed by atoms with Crippen LogP contribution in [0.3, 0.4) is 0 Å². The zero-order valence-corrected chi connectivity index (χ0v) is 16.0. The van der Waals surface area contributed by atoms with E-state index >= 15 is 0 Å². The van der Waals surface area contributed by atoms with Crippen molar-refractivity contribution in [2.75, 3.05) is 25.0 Å². The van der Waals surface area contributed by atoms with Gasteiger partial charge in [0.05, 0.1) is 10.9 Å². The van der Waals surface area contributed by atoms with E-state index in [-0.39, 0.29) is 16.9 Å². The highest BCUT2D eigenvalue weighted by Gasteiger charge is 2.55. The number of terminal acetylenes is 1. The predicted octanol–water partition coefficient (Wildman–Crippen LogP) is 2.82. The fourth-order valence-electron chi connectivity index (χ4n) is 4.64. The molecule has 3 heterocycles. The normalized spacial score (nSPS) is 17.6. The summed E-state index contributed by atoms with van der Waals surface area (Å²) < 4.78 is 14.2. The minimum Gasteiger partial charge on any atom is -0.356 e. The van der Waals surface area contributed by atoms with Crippen LogP contribution in [-0.2, 0) is 0 Å². The van der Waals surface area contributed by atoms with E-state index in [0.29, 0.717) is 24.7 Å². The number of aromatic nitrogens is 3. The van der Waals surface area contributed by atoms with E-state index in [1.807, 2.05) is 12.3 Å². The second-order valence-corrected chi connectivity index (χ2v) is 8.11. The van der Waals surface area contributed by atoms with Crippen LogP contribution in [-0.4, -0.2) is 51.9 Å². The molecule has 0 radical (unpaired) electrons. The van der Waals surface area contributed by atoms with Crippen LogP contribution >= 0.6 is 0 Å². The molecular weight excluding hydrogens is 369 g/mol. The molecule has 1 saturated heterocycles. The quantitative estimate of drug-likeness (QED) is 0.700. The minimum atomic E-state index is -0.558. The molecule has 3 aromatic rings. The SMILES string of the molecule is C#Cc1ccc(C(=O)N2CC3(CC(N(C)c4ncnc5[nH]ccc45)C3)C2)c(F)c1. The van der Waals surface area contributed by atoms with Crippen LogP contribution in [0.4, 0.5) is 10.2 Å². The van der Waals surface area contributed by atoms with E-state index in [4.69, 9.17) is 6.42 Å². The number of hydrogen-bond donors (Lipinski definition) is 1. The maximum absolute atomic E-state index is 14.2. The number of H-pyrrole nitrogens is 1. The molecular formula is C22H20FN5O. The Bertz CT molecular complexity index is 1150. The molecule has 1 aliphatic carbocycles. The molecule has 1 amide bonds. The monoisotopic (exact) mass is 389 g/mol. The van der Waals surface area contributed by atoms with Crippen LogP contribution in [0.1, 0.15) is 28.8 Å². The molecule has 1 spiro atoms. The van der Waals surface area contributed by atoms with E-state index in [2.05, 4.69) is 32.8 Å². The first kappa shape index (κ1) is 17.7. The molecule has 2 fully saturated rings. The second-order valence-electron chi connectivity index (χ2n) is 8.11. The molecule has 0 unspecified atom stereocenters. The third-order valence-electron chi connectivity index (χ3n) is 6.26. The van der Waals surface area contributed by atoms with E-state index in [0.717, 1.165) is 29.7 Å². The molecule has 0 atom stereocenters. The largest absolute Gasteiger partial charge is 0.356 e. The minimum absolute atomic E-state index is 0.0858. The Hall–Kier alpha value is -3.40. The maximum Gasteiger partial charge on any atom is 0.256 e. The van der Waals surface area contributed by atoms with Crippen molar-refractivity contribution in [2.45, 2.75) is 18.9 Å². The molecule has 2 aromatic heterocycles. The second kappa shape index (κ2) is 6.31. The Morgan fingerprint density at radius 1 is 1.34 bits per heavy atom. The number of carbonyl (C=O) groups excluding carboxylic acids is 1. The van der Waals surface area contributed by atoms with Crippen molar-refractivity contribution >= 4 is 22.8 Å². The molecule has 1 saturated carbocycles. The Kier molecular flexibility index (Phi) is 3.85. The van der Waals surface area contributed by atoms with Crippen molar-refractivity contribution < 1.29 is 9.18 Å². The van der Waals surface area contributed by atoms with Gasteiger partial charge in [0.2, 0.25) is 0 Å². The average Bonchev–Trinajstić information content (AvgIpc) is 3.14. The third-order valence-corrected chi connectivity index (χ3v) is 6.26. The zero-order chi connectivity index (χ0) is 20.2. The van der Waals surface area contributed by atoms with Gasteiger partial charge in [-0.25, -0.2) is 14.4 Å². The summed E-state index contributed by atoms with van der Waals surface area (Å²) >= 11 is 0. The average molecular weight is 389 g/mol. The maximum atomic E-state index is 14.2. The molecule has 29 heavy (non-hydrogen) atoms. The fourth-order valence-corrected chi connectivity index (χ4v) is 4.64. The number of nitrogens with one attached hydrogen (secondary N) is 1. The molecule has 0 bridgehead atoms. The van der Waals surface area contributed by atoms with Crippen LogP contribution in [0, 0.1) is 23.6 Å². The fraction of sp³-hybridized carbons (Fsp3) is 0.318. The number of hydrogen-bond acceptors (Lipinski definition) is 4. The van der Waals surface area contributed by atoms with Crippen molar-refractivity contribution in [1.82, 2.24) is 19.9 Å². The van der Waals surface area contributed by atoms with Crippen molar-refractivity contribution in [2.24, 2.45) is 5.41 Å². The molecule has 1 aromatic carbocycles. The predicted molar refractivity (Wildman–Crippen MR) is 108 cm³/mol. The number of benzene rings is 1. The van der Waals surface area contributed by atoms with Crippen LogP contribution < -0.4 is 4.90 Å². The number of halogens is 1. The summed E-state index contributed by atoms with van der Waals surface area (Å²) in [7, 11) is 2.05. The van der Waals surface area contributed by atoms with Gasteiger partial charge in [0.15, 0.2) is 0 Å². The lowest BCUT2D eigenvalue weighted by Crippen LogP contribution is -2.67. The number of aromatic amines is 1. The standard InChI is InChI=1S/C22H20FN5O/c1-3-14-4-5-16(18(23)8-14)21(29)28-11-22(12-28)9-15(10-22)27(2)20-17-6-7-24-19(17)25-13-26-20/h1,4-8,13,15H,9-12H2,2H3,(H,24,25,26). The lowest BCUT2D eigenvalue weighted by Gasteiger charge is -2.60. The molecule has 1 aliphatic heterocycles.